The highest BCUT2D eigenvalue weighted by Gasteiger charge is 2.55. The SMILES string of the molecule is O=P(O)(O)O[C@H]1[C@H]2OC(c3ccccc3)OC[C@H]2O[C@@H](OCc2ccccc2)[C@@H]1OP(=O)(O)O. The van der Waals surface area contributed by atoms with E-state index in [0.29, 0.717) is 5.56 Å². The van der Waals surface area contributed by atoms with Crippen LogP contribution in [0.25, 0.3) is 0 Å². The van der Waals surface area contributed by atoms with E-state index in [2.05, 4.69) is 0 Å². The van der Waals surface area contributed by atoms with Crippen LogP contribution in [0.5, 0.6) is 0 Å². The van der Waals surface area contributed by atoms with Gasteiger partial charge in [0, 0.05) is 5.56 Å². The molecule has 0 spiro atoms. The Hall–Kier alpha value is -1.50. The molecular weight excluding hydrogens is 494 g/mol. The lowest BCUT2D eigenvalue weighted by molar-refractivity contribution is -0.358. The minimum Gasteiger partial charge on any atom is -0.346 e. The molecule has 1 unspecified atom stereocenters. The van der Waals surface area contributed by atoms with Gasteiger partial charge in [-0.15, -0.1) is 0 Å². The fraction of sp³-hybridized carbons (Fsp3) is 0.400. The van der Waals surface area contributed by atoms with Crippen LogP contribution in [0.2, 0.25) is 0 Å². The monoisotopic (exact) mass is 518 g/mol. The second kappa shape index (κ2) is 10.6. The van der Waals surface area contributed by atoms with Crippen molar-refractivity contribution in [2.75, 3.05) is 6.61 Å². The van der Waals surface area contributed by atoms with Crippen molar-refractivity contribution in [2.45, 2.75) is 43.6 Å². The summed E-state index contributed by atoms with van der Waals surface area (Å²) in [6.45, 7) is -0.111. The lowest BCUT2D eigenvalue weighted by Gasteiger charge is -2.48. The zero-order valence-corrected chi connectivity index (χ0v) is 19.4. The molecule has 34 heavy (non-hydrogen) atoms. The van der Waals surface area contributed by atoms with E-state index in [0.717, 1.165) is 5.56 Å². The van der Waals surface area contributed by atoms with Crippen molar-refractivity contribution in [1.29, 1.82) is 0 Å². The van der Waals surface area contributed by atoms with Crippen molar-refractivity contribution >= 4 is 15.6 Å². The van der Waals surface area contributed by atoms with Crippen molar-refractivity contribution in [3.8, 4) is 0 Å². The van der Waals surface area contributed by atoms with E-state index in [1.54, 1.807) is 60.7 Å². The second-order valence-corrected chi connectivity index (χ2v) is 10.0. The molecule has 14 heteroatoms. The number of phosphoric ester groups is 2. The van der Waals surface area contributed by atoms with Crippen molar-refractivity contribution in [2.24, 2.45) is 0 Å². The molecular formula is C20H24O12P2. The Morgan fingerprint density at radius 3 is 2.03 bits per heavy atom. The van der Waals surface area contributed by atoms with Gasteiger partial charge in [-0.1, -0.05) is 60.7 Å². The van der Waals surface area contributed by atoms with Crippen molar-refractivity contribution in [3.05, 3.63) is 71.8 Å². The van der Waals surface area contributed by atoms with Gasteiger partial charge in [0.1, 0.15) is 24.4 Å². The van der Waals surface area contributed by atoms with Crippen LogP contribution >= 0.6 is 15.6 Å². The van der Waals surface area contributed by atoms with Crippen LogP contribution in [-0.2, 0) is 43.7 Å². The first-order valence-corrected chi connectivity index (χ1v) is 13.3. The van der Waals surface area contributed by atoms with Gasteiger partial charge in [-0.3, -0.25) is 9.05 Å². The average molecular weight is 518 g/mol. The summed E-state index contributed by atoms with van der Waals surface area (Å²) in [5.41, 5.74) is 1.33. The third-order valence-corrected chi connectivity index (χ3v) is 6.17. The van der Waals surface area contributed by atoms with E-state index in [-0.39, 0.29) is 13.2 Å². The first kappa shape index (κ1) is 25.6. The summed E-state index contributed by atoms with van der Waals surface area (Å²) in [5, 5.41) is 0. The minimum absolute atomic E-state index is 0.0408. The quantitative estimate of drug-likeness (QED) is 0.375. The molecule has 2 heterocycles. The molecule has 0 aliphatic carbocycles. The summed E-state index contributed by atoms with van der Waals surface area (Å²) in [4.78, 5) is 38.0. The second-order valence-electron chi connectivity index (χ2n) is 7.64. The minimum atomic E-state index is -5.17. The van der Waals surface area contributed by atoms with Gasteiger partial charge in [0.05, 0.1) is 13.2 Å². The largest absolute Gasteiger partial charge is 0.470 e. The number of rotatable bonds is 8. The van der Waals surface area contributed by atoms with E-state index >= 15 is 0 Å². The molecule has 6 atom stereocenters. The molecule has 2 saturated heterocycles. The normalized spacial score (nSPS) is 30.0. The van der Waals surface area contributed by atoms with Gasteiger partial charge in [0.25, 0.3) is 0 Å². The van der Waals surface area contributed by atoms with Gasteiger partial charge in [-0.2, -0.15) is 0 Å². The van der Waals surface area contributed by atoms with E-state index in [1.807, 2.05) is 0 Å². The summed E-state index contributed by atoms with van der Waals surface area (Å²) in [6, 6.07) is 17.6. The van der Waals surface area contributed by atoms with Crippen LogP contribution in [0, 0.1) is 0 Å². The molecule has 0 bridgehead atoms. The number of fused-ring (bicyclic) bond motifs is 1. The lowest BCUT2D eigenvalue weighted by atomic mass is 9.98. The van der Waals surface area contributed by atoms with E-state index in [4.69, 9.17) is 28.0 Å². The summed E-state index contributed by atoms with van der Waals surface area (Å²) in [7, 11) is -10.3. The lowest BCUT2D eigenvalue weighted by Crippen LogP contribution is -2.63. The molecule has 0 aromatic heterocycles. The number of ether oxygens (including phenoxy) is 4. The summed E-state index contributed by atoms with van der Waals surface area (Å²) < 4.78 is 56.4. The number of hydrogen-bond donors (Lipinski definition) is 4. The van der Waals surface area contributed by atoms with E-state index in [9.17, 15) is 28.7 Å². The Kier molecular flexibility index (Phi) is 8.00. The van der Waals surface area contributed by atoms with Gasteiger partial charge in [0.2, 0.25) is 0 Å². The Balaban J connectivity index is 1.62. The zero-order valence-electron chi connectivity index (χ0n) is 17.6. The predicted molar refractivity (Wildman–Crippen MR) is 114 cm³/mol. The number of benzene rings is 2. The van der Waals surface area contributed by atoms with Crippen LogP contribution < -0.4 is 0 Å². The smallest absolute Gasteiger partial charge is 0.346 e. The van der Waals surface area contributed by atoms with Crippen LogP contribution in [0.1, 0.15) is 17.4 Å². The fourth-order valence-electron chi connectivity index (χ4n) is 3.76. The highest BCUT2D eigenvalue weighted by molar-refractivity contribution is 7.46. The molecule has 2 aromatic carbocycles. The van der Waals surface area contributed by atoms with Crippen LogP contribution in [0.3, 0.4) is 0 Å². The maximum Gasteiger partial charge on any atom is 0.470 e. The molecule has 2 aromatic rings. The Morgan fingerprint density at radius 2 is 1.41 bits per heavy atom. The fourth-order valence-corrected chi connectivity index (χ4v) is 4.86. The zero-order chi connectivity index (χ0) is 24.3. The van der Waals surface area contributed by atoms with E-state index in [1.165, 1.54) is 0 Å². The van der Waals surface area contributed by atoms with Gasteiger partial charge in [0.15, 0.2) is 12.6 Å². The Labute approximate surface area is 194 Å². The van der Waals surface area contributed by atoms with Crippen LogP contribution in [-0.4, -0.2) is 56.9 Å². The number of phosphoric acid groups is 2. The summed E-state index contributed by atoms with van der Waals surface area (Å²) in [5.74, 6) is 0. The molecule has 2 fully saturated rings. The highest BCUT2D eigenvalue weighted by atomic mass is 31.2. The molecule has 12 nitrogen and oxygen atoms in total. The van der Waals surface area contributed by atoms with E-state index < -0.39 is 52.6 Å². The molecule has 2 aliphatic rings. The van der Waals surface area contributed by atoms with Crippen LogP contribution in [0.15, 0.2) is 60.7 Å². The maximum atomic E-state index is 11.8. The summed E-state index contributed by atoms with van der Waals surface area (Å²) >= 11 is 0. The standard InChI is InChI=1S/C20H24O12P2/c21-33(22,23)31-17-16-15(12-28-19(30-16)14-9-5-2-6-10-14)29-20(18(17)32-34(24,25)26)27-11-13-7-3-1-4-8-13/h1-10,15-20H,11-12H2,(H2,21,22,23)(H2,24,25,26)/t15-,16+,17+,18-,19?,20-/m1/s1. The topological polar surface area (TPSA) is 170 Å². The third kappa shape index (κ3) is 6.79. The average Bonchev–Trinajstić information content (AvgIpc) is 2.79. The van der Waals surface area contributed by atoms with Crippen molar-refractivity contribution in [1.82, 2.24) is 0 Å². The van der Waals surface area contributed by atoms with Gasteiger partial charge < -0.3 is 38.5 Å². The van der Waals surface area contributed by atoms with Gasteiger partial charge >= 0.3 is 15.6 Å². The molecule has 186 valence electrons. The molecule has 0 amide bonds. The maximum absolute atomic E-state index is 11.8. The van der Waals surface area contributed by atoms with Crippen LogP contribution in [0.4, 0.5) is 0 Å². The summed E-state index contributed by atoms with van der Waals surface area (Å²) in [6.07, 6.45) is -7.96. The predicted octanol–water partition coefficient (Wildman–Crippen LogP) is 2.00. The van der Waals surface area contributed by atoms with Crippen molar-refractivity contribution < 1.29 is 56.7 Å². The third-order valence-electron chi connectivity index (χ3n) is 5.13. The Bertz CT molecular complexity index is 1030. The van der Waals surface area contributed by atoms with Gasteiger partial charge in [-0.05, 0) is 5.56 Å². The number of hydrogen-bond acceptors (Lipinski definition) is 8. The van der Waals surface area contributed by atoms with Gasteiger partial charge in [-0.25, -0.2) is 9.13 Å². The molecule has 0 saturated carbocycles. The molecule has 4 N–H and O–H groups in total. The molecule has 4 rings (SSSR count). The highest BCUT2D eigenvalue weighted by Crippen LogP contribution is 2.49. The first-order chi connectivity index (χ1) is 16.1. The first-order valence-electron chi connectivity index (χ1n) is 10.2. The molecule has 2 aliphatic heterocycles. The van der Waals surface area contributed by atoms with Crippen molar-refractivity contribution in [3.63, 3.8) is 0 Å². The Morgan fingerprint density at radius 1 is 0.824 bits per heavy atom. The molecule has 0 radical (unpaired) electrons.